The fraction of sp³-hybridized carbons (Fsp3) is 0.200. The van der Waals surface area contributed by atoms with Gasteiger partial charge in [0.25, 0.3) is 5.91 Å². The molecule has 1 fully saturated rings. The van der Waals surface area contributed by atoms with Gasteiger partial charge >= 0.3 is 5.97 Å². The molecule has 0 saturated heterocycles. The fourth-order valence-electron chi connectivity index (χ4n) is 3.37. The highest BCUT2D eigenvalue weighted by Crippen LogP contribution is 2.52. The molecule has 1 aromatic rings. The Labute approximate surface area is 145 Å². The van der Waals surface area contributed by atoms with Crippen molar-refractivity contribution in [2.75, 3.05) is 11.9 Å². The number of fused-ring (bicyclic) bond motifs is 2. The zero-order valence-electron chi connectivity index (χ0n) is 13.7. The Morgan fingerprint density at radius 1 is 1.24 bits per heavy atom. The average Bonchev–Trinajstić information content (AvgIpc) is 3.39. The summed E-state index contributed by atoms with van der Waals surface area (Å²) in [5, 5.41) is 8.75. The number of carbonyl (C=O) groups excluding carboxylic acids is 1. The molecule has 126 valence electrons. The molecule has 0 spiro atoms. The summed E-state index contributed by atoms with van der Waals surface area (Å²) in [5.41, 5.74) is 2.83. The molecule has 3 aliphatic rings. The lowest BCUT2D eigenvalue weighted by Crippen LogP contribution is -2.34. The van der Waals surface area contributed by atoms with E-state index in [0.29, 0.717) is 23.3 Å². The lowest BCUT2D eigenvalue weighted by atomic mass is 9.97. The van der Waals surface area contributed by atoms with Gasteiger partial charge in [0.05, 0.1) is 5.69 Å². The van der Waals surface area contributed by atoms with E-state index in [2.05, 4.69) is 0 Å². The Morgan fingerprint density at radius 3 is 2.76 bits per heavy atom. The van der Waals surface area contributed by atoms with Crippen molar-refractivity contribution in [2.24, 2.45) is 11.8 Å². The number of carboxylic acid groups (broad SMARTS) is 1. The zero-order valence-corrected chi connectivity index (χ0v) is 13.7. The monoisotopic (exact) mass is 335 g/mol. The highest BCUT2D eigenvalue weighted by atomic mass is 16.5. The Balaban J connectivity index is 1.62. The van der Waals surface area contributed by atoms with E-state index in [0.717, 1.165) is 29.3 Å². The smallest absolute Gasteiger partial charge is 0.328 e. The van der Waals surface area contributed by atoms with Gasteiger partial charge in [-0.3, -0.25) is 4.79 Å². The first-order valence-corrected chi connectivity index (χ1v) is 8.14. The minimum Gasteiger partial charge on any atom is -0.478 e. The molecule has 1 aliphatic heterocycles. The summed E-state index contributed by atoms with van der Waals surface area (Å²) in [7, 11) is 1.74. The maximum absolute atomic E-state index is 12.5. The molecule has 2 atom stereocenters. The van der Waals surface area contributed by atoms with Gasteiger partial charge in [0.1, 0.15) is 0 Å². The van der Waals surface area contributed by atoms with Gasteiger partial charge in [-0.25, -0.2) is 4.79 Å². The molecule has 4 rings (SSSR count). The standard InChI is InChI=1S/C20H17NO4/c1-21-16-4-2-3-5-17(16)25-18(20(21)24)10-13-7-6-12(8-9-19(22)23)14-11-15(13)14/h2-10,14-15H,11H2,1H3,(H,22,23)/b9-8+,18-10-. The molecule has 0 radical (unpaired) electrons. The van der Waals surface area contributed by atoms with Crippen LogP contribution >= 0.6 is 0 Å². The Kier molecular flexibility index (Phi) is 3.57. The van der Waals surface area contributed by atoms with Gasteiger partial charge in [-0.15, -0.1) is 0 Å². The van der Waals surface area contributed by atoms with E-state index in [1.54, 1.807) is 18.0 Å². The molecular formula is C20H17NO4. The van der Waals surface area contributed by atoms with Crippen molar-refractivity contribution in [1.82, 2.24) is 0 Å². The molecule has 1 aromatic carbocycles. The van der Waals surface area contributed by atoms with Gasteiger partial charge in [0.15, 0.2) is 11.5 Å². The van der Waals surface area contributed by atoms with Crippen LogP contribution in [-0.2, 0) is 9.59 Å². The average molecular weight is 335 g/mol. The van der Waals surface area contributed by atoms with Crippen LogP contribution in [0.15, 0.2) is 71.6 Å². The third kappa shape index (κ3) is 2.78. The number of ether oxygens (including phenoxy) is 1. The third-order valence-electron chi connectivity index (χ3n) is 4.79. The Morgan fingerprint density at radius 2 is 1.96 bits per heavy atom. The molecule has 2 aliphatic carbocycles. The van der Waals surface area contributed by atoms with E-state index in [1.807, 2.05) is 42.5 Å². The van der Waals surface area contributed by atoms with E-state index in [1.165, 1.54) is 0 Å². The number of benzene rings is 1. The summed E-state index contributed by atoms with van der Waals surface area (Å²) in [6.45, 7) is 0. The molecule has 0 aromatic heterocycles. The molecule has 2 unspecified atom stereocenters. The summed E-state index contributed by atoms with van der Waals surface area (Å²) < 4.78 is 5.81. The first kappa shape index (κ1) is 15.4. The van der Waals surface area contributed by atoms with Crippen molar-refractivity contribution in [3.05, 3.63) is 71.6 Å². The number of rotatable bonds is 3. The first-order chi connectivity index (χ1) is 12.0. The molecule has 5 nitrogen and oxygen atoms in total. The van der Waals surface area contributed by atoms with Crippen LogP contribution in [0.5, 0.6) is 5.75 Å². The largest absolute Gasteiger partial charge is 0.478 e. The van der Waals surface area contributed by atoms with Gasteiger partial charge in [0, 0.05) is 13.1 Å². The number of hydrogen-bond acceptors (Lipinski definition) is 3. The number of para-hydroxylation sites is 2. The lowest BCUT2D eigenvalue weighted by Gasteiger charge is -2.27. The first-order valence-electron chi connectivity index (χ1n) is 8.14. The van der Waals surface area contributed by atoms with E-state index in [9.17, 15) is 9.59 Å². The molecule has 1 N–H and O–H groups in total. The second-order valence-electron chi connectivity index (χ2n) is 6.40. The number of anilines is 1. The number of aliphatic carboxylic acids is 1. The minimum atomic E-state index is -0.946. The molecule has 1 saturated carbocycles. The van der Waals surface area contributed by atoms with Crippen LogP contribution < -0.4 is 9.64 Å². The predicted molar refractivity (Wildman–Crippen MR) is 93.1 cm³/mol. The highest BCUT2D eigenvalue weighted by Gasteiger charge is 2.43. The molecular weight excluding hydrogens is 318 g/mol. The maximum Gasteiger partial charge on any atom is 0.328 e. The van der Waals surface area contributed by atoms with Gasteiger partial charge in [-0.2, -0.15) is 0 Å². The van der Waals surface area contributed by atoms with Crippen molar-refractivity contribution >= 4 is 17.6 Å². The summed E-state index contributed by atoms with van der Waals surface area (Å²) in [6.07, 6.45) is 9.46. The SMILES string of the molecule is CN1C(=O)/C(=C/C2=CC=C(/C=C/C(=O)O)C3CC23)Oc2ccccc21. The molecule has 5 heteroatoms. The number of allylic oxidation sites excluding steroid dienone is 6. The summed E-state index contributed by atoms with van der Waals surface area (Å²) >= 11 is 0. The van der Waals surface area contributed by atoms with Crippen molar-refractivity contribution < 1.29 is 19.4 Å². The number of hydrogen-bond donors (Lipinski definition) is 1. The molecule has 1 amide bonds. The van der Waals surface area contributed by atoms with Crippen LogP contribution in [-0.4, -0.2) is 24.0 Å². The van der Waals surface area contributed by atoms with Crippen LogP contribution in [0.4, 0.5) is 5.69 Å². The van der Waals surface area contributed by atoms with Crippen LogP contribution in [0.25, 0.3) is 0 Å². The van der Waals surface area contributed by atoms with Crippen LogP contribution in [0.1, 0.15) is 6.42 Å². The number of amides is 1. The second kappa shape index (κ2) is 5.77. The predicted octanol–water partition coefficient (Wildman–Crippen LogP) is 3.07. The second-order valence-corrected chi connectivity index (χ2v) is 6.40. The van der Waals surface area contributed by atoms with Crippen molar-refractivity contribution in [3.8, 4) is 5.75 Å². The number of carboxylic acids is 1. The number of likely N-dealkylation sites (N-methyl/N-ethyl adjacent to an activating group) is 1. The van der Waals surface area contributed by atoms with Gasteiger partial charge in [0.2, 0.25) is 0 Å². The number of nitrogens with zero attached hydrogens (tertiary/aromatic N) is 1. The summed E-state index contributed by atoms with van der Waals surface area (Å²) in [5.74, 6) is 0.521. The van der Waals surface area contributed by atoms with E-state index >= 15 is 0 Å². The fourth-order valence-corrected chi connectivity index (χ4v) is 3.37. The highest BCUT2D eigenvalue weighted by molar-refractivity contribution is 6.07. The van der Waals surface area contributed by atoms with E-state index in [-0.39, 0.29) is 5.91 Å². The van der Waals surface area contributed by atoms with E-state index < -0.39 is 5.97 Å². The topological polar surface area (TPSA) is 66.8 Å². The van der Waals surface area contributed by atoms with E-state index in [4.69, 9.17) is 9.84 Å². The van der Waals surface area contributed by atoms with Gasteiger partial charge in [-0.05, 0) is 47.6 Å². The summed E-state index contributed by atoms with van der Waals surface area (Å²) in [6, 6.07) is 7.44. The van der Waals surface area contributed by atoms with Crippen molar-refractivity contribution in [1.29, 1.82) is 0 Å². The van der Waals surface area contributed by atoms with Crippen molar-refractivity contribution in [2.45, 2.75) is 6.42 Å². The van der Waals surface area contributed by atoms with Crippen LogP contribution in [0, 0.1) is 11.8 Å². The summed E-state index contributed by atoms with van der Waals surface area (Å²) in [4.78, 5) is 24.8. The zero-order chi connectivity index (χ0) is 17.6. The third-order valence-corrected chi connectivity index (χ3v) is 4.79. The Hall–Kier alpha value is -3.08. The van der Waals surface area contributed by atoms with Gasteiger partial charge < -0.3 is 14.7 Å². The lowest BCUT2D eigenvalue weighted by molar-refractivity contribution is -0.131. The van der Waals surface area contributed by atoms with Gasteiger partial charge in [-0.1, -0.05) is 30.4 Å². The minimum absolute atomic E-state index is 0.169. The molecule has 0 bridgehead atoms. The normalized spacial score (nSPS) is 25.9. The number of carbonyl (C=O) groups is 2. The molecule has 25 heavy (non-hydrogen) atoms. The maximum atomic E-state index is 12.5. The Bertz CT molecular complexity index is 891. The quantitative estimate of drug-likeness (QED) is 0.862. The van der Waals surface area contributed by atoms with Crippen LogP contribution in [0.3, 0.4) is 0 Å². The van der Waals surface area contributed by atoms with Crippen molar-refractivity contribution in [3.63, 3.8) is 0 Å². The van der Waals surface area contributed by atoms with Crippen LogP contribution in [0.2, 0.25) is 0 Å². The molecule has 1 heterocycles.